The molecule has 1 aromatic rings. The summed E-state index contributed by atoms with van der Waals surface area (Å²) in [7, 11) is 0. The van der Waals surface area contributed by atoms with Crippen LogP contribution in [0, 0.1) is 0 Å². The molecule has 0 aromatic carbocycles. The van der Waals surface area contributed by atoms with Crippen LogP contribution >= 0.6 is 0 Å². The molecule has 1 unspecified atom stereocenters. The minimum absolute atomic E-state index is 0.350. The summed E-state index contributed by atoms with van der Waals surface area (Å²) in [6, 6.07) is 2.60. The standard InChI is InChI=1S/C12H21N3O/c13-7-5-12(16)9-10-6-8-15(14-10)11-3-1-2-4-11/h6,8,11-12,16H,1-5,7,9,13H2. The lowest BCUT2D eigenvalue weighted by molar-refractivity contribution is 0.166. The molecule has 3 N–H and O–H groups in total. The van der Waals surface area contributed by atoms with E-state index in [-0.39, 0.29) is 6.10 Å². The smallest absolute Gasteiger partial charge is 0.0650 e. The van der Waals surface area contributed by atoms with Crippen molar-refractivity contribution in [2.75, 3.05) is 6.54 Å². The van der Waals surface area contributed by atoms with Gasteiger partial charge in [0.15, 0.2) is 0 Å². The van der Waals surface area contributed by atoms with Gasteiger partial charge in [0.1, 0.15) is 0 Å². The summed E-state index contributed by atoms with van der Waals surface area (Å²) in [5, 5.41) is 14.2. The van der Waals surface area contributed by atoms with Gasteiger partial charge in [-0.05, 0) is 31.9 Å². The van der Waals surface area contributed by atoms with Gasteiger partial charge in [-0.15, -0.1) is 0 Å². The Morgan fingerprint density at radius 3 is 2.94 bits per heavy atom. The second-order valence-corrected chi connectivity index (χ2v) is 4.66. The van der Waals surface area contributed by atoms with Gasteiger partial charge in [-0.3, -0.25) is 4.68 Å². The zero-order valence-corrected chi connectivity index (χ0v) is 9.68. The fraction of sp³-hybridized carbons (Fsp3) is 0.750. The largest absolute Gasteiger partial charge is 0.393 e. The second-order valence-electron chi connectivity index (χ2n) is 4.66. The highest BCUT2D eigenvalue weighted by molar-refractivity contribution is 5.01. The summed E-state index contributed by atoms with van der Waals surface area (Å²) in [5.41, 5.74) is 6.38. The molecule has 4 heteroatoms. The minimum Gasteiger partial charge on any atom is -0.393 e. The van der Waals surface area contributed by atoms with E-state index in [1.54, 1.807) is 0 Å². The van der Waals surface area contributed by atoms with Crippen molar-refractivity contribution in [1.29, 1.82) is 0 Å². The third-order valence-corrected chi connectivity index (χ3v) is 3.31. The minimum atomic E-state index is -0.350. The van der Waals surface area contributed by atoms with Crippen molar-refractivity contribution in [3.63, 3.8) is 0 Å². The van der Waals surface area contributed by atoms with Crippen molar-refractivity contribution < 1.29 is 5.11 Å². The number of hydrogen-bond donors (Lipinski definition) is 2. The quantitative estimate of drug-likeness (QED) is 0.789. The molecule has 1 aliphatic carbocycles. The summed E-state index contributed by atoms with van der Waals surface area (Å²) < 4.78 is 2.07. The fourth-order valence-electron chi connectivity index (χ4n) is 2.39. The molecule has 0 amide bonds. The van der Waals surface area contributed by atoms with Crippen LogP contribution in [0.15, 0.2) is 12.3 Å². The number of rotatable bonds is 5. The van der Waals surface area contributed by atoms with Gasteiger partial charge in [-0.25, -0.2) is 0 Å². The molecule has 0 bridgehead atoms. The summed E-state index contributed by atoms with van der Waals surface area (Å²) in [6.07, 6.45) is 8.08. The predicted octanol–water partition coefficient (Wildman–Crippen LogP) is 1.25. The molecule has 0 radical (unpaired) electrons. The average Bonchev–Trinajstić information content (AvgIpc) is 2.86. The summed E-state index contributed by atoms with van der Waals surface area (Å²) in [6.45, 7) is 0.532. The molecule has 1 atom stereocenters. The van der Waals surface area contributed by atoms with Crippen LogP contribution in [0.25, 0.3) is 0 Å². The SMILES string of the molecule is NCCC(O)Cc1ccn(C2CCCC2)n1. The van der Waals surface area contributed by atoms with Gasteiger partial charge < -0.3 is 10.8 Å². The van der Waals surface area contributed by atoms with E-state index >= 15 is 0 Å². The lowest BCUT2D eigenvalue weighted by Crippen LogP contribution is -2.16. The molecule has 1 fully saturated rings. The van der Waals surface area contributed by atoms with E-state index in [4.69, 9.17) is 5.73 Å². The van der Waals surface area contributed by atoms with Gasteiger partial charge in [0, 0.05) is 12.6 Å². The number of hydrogen-bond acceptors (Lipinski definition) is 3. The Bertz CT molecular complexity index is 318. The summed E-state index contributed by atoms with van der Waals surface area (Å²) in [5.74, 6) is 0. The molecular weight excluding hydrogens is 202 g/mol. The summed E-state index contributed by atoms with van der Waals surface area (Å²) >= 11 is 0. The second kappa shape index (κ2) is 5.46. The molecule has 1 aliphatic rings. The number of aliphatic hydroxyl groups excluding tert-OH is 1. The first-order chi connectivity index (χ1) is 7.79. The van der Waals surface area contributed by atoms with Crippen LogP contribution in [0.1, 0.15) is 43.8 Å². The lowest BCUT2D eigenvalue weighted by atomic mass is 10.1. The zero-order chi connectivity index (χ0) is 11.4. The summed E-state index contributed by atoms with van der Waals surface area (Å²) in [4.78, 5) is 0. The normalized spacial score (nSPS) is 19.1. The van der Waals surface area contributed by atoms with Crippen LogP contribution in [0.2, 0.25) is 0 Å². The first-order valence-corrected chi connectivity index (χ1v) is 6.22. The Morgan fingerprint density at radius 2 is 2.25 bits per heavy atom. The van der Waals surface area contributed by atoms with Crippen molar-refractivity contribution in [3.8, 4) is 0 Å². The highest BCUT2D eigenvalue weighted by atomic mass is 16.3. The Labute approximate surface area is 96.5 Å². The maximum absolute atomic E-state index is 9.65. The third kappa shape index (κ3) is 2.83. The molecule has 1 heterocycles. The van der Waals surface area contributed by atoms with Crippen LogP contribution in [0.5, 0.6) is 0 Å². The first-order valence-electron chi connectivity index (χ1n) is 6.22. The zero-order valence-electron chi connectivity index (χ0n) is 9.68. The molecule has 4 nitrogen and oxygen atoms in total. The van der Waals surface area contributed by atoms with Crippen molar-refractivity contribution in [2.45, 2.75) is 50.7 Å². The van der Waals surface area contributed by atoms with Crippen molar-refractivity contribution in [1.82, 2.24) is 9.78 Å². The maximum Gasteiger partial charge on any atom is 0.0650 e. The molecule has 0 saturated heterocycles. The van der Waals surface area contributed by atoms with E-state index in [1.165, 1.54) is 25.7 Å². The van der Waals surface area contributed by atoms with E-state index in [2.05, 4.69) is 9.78 Å². The molecule has 1 saturated carbocycles. The van der Waals surface area contributed by atoms with Gasteiger partial charge in [0.2, 0.25) is 0 Å². The van der Waals surface area contributed by atoms with E-state index < -0.39 is 0 Å². The average molecular weight is 223 g/mol. The monoisotopic (exact) mass is 223 g/mol. The fourth-order valence-corrected chi connectivity index (χ4v) is 2.39. The highest BCUT2D eigenvalue weighted by Gasteiger charge is 2.17. The Balaban J connectivity index is 1.91. The Kier molecular flexibility index (Phi) is 3.96. The van der Waals surface area contributed by atoms with Crippen molar-refractivity contribution >= 4 is 0 Å². The van der Waals surface area contributed by atoms with E-state index in [1.807, 2.05) is 12.3 Å². The molecule has 0 aliphatic heterocycles. The molecule has 1 aromatic heterocycles. The van der Waals surface area contributed by atoms with Gasteiger partial charge >= 0.3 is 0 Å². The number of aromatic nitrogens is 2. The van der Waals surface area contributed by atoms with Crippen LogP contribution < -0.4 is 5.73 Å². The van der Waals surface area contributed by atoms with Gasteiger partial charge in [0.25, 0.3) is 0 Å². The molecule has 0 spiro atoms. The molecular formula is C12H21N3O. The Morgan fingerprint density at radius 1 is 1.50 bits per heavy atom. The van der Waals surface area contributed by atoms with Crippen LogP contribution in [0.3, 0.4) is 0 Å². The topological polar surface area (TPSA) is 64.1 Å². The van der Waals surface area contributed by atoms with E-state index in [0.29, 0.717) is 25.4 Å². The number of nitrogens with zero attached hydrogens (tertiary/aromatic N) is 2. The van der Waals surface area contributed by atoms with E-state index in [9.17, 15) is 5.11 Å². The third-order valence-electron chi connectivity index (χ3n) is 3.31. The maximum atomic E-state index is 9.65. The Hall–Kier alpha value is -0.870. The van der Waals surface area contributed by atoms with Gasteiger partial charge in [-0.2, -0.15) is 5.10 Å². The van der Waals surface area contributed by atoms with Gasteiger partial charge in [0.05, 0.1) is 17.8 Å². The van der Waals surface area contributed by atoms with E-state index in [0.717, 1.165) is 5.69 Å². The molecule has 90 valence electrons. The lowest BCUT2D eigenvalue weighted by Gasteiger charge is -2.09. The first kappa shape index (κ1) is 11.6. The van der Waals surface area contributed by atoms with Crippen LogP contribution in [-0.2, 0) is 6.42 Å². The van der Waals surface area contributed by atoms with Crippen molar-refractivity contribution in [2.24, 2.45) is 5.73 Å². The van der Waals surface area contributed by atoms with Crippen molar-refractivity contribution in [3.05, 3.63) is 18.0 Å². The molecule has 16 heavy (non-hydrogen) atoms. The molecule has 2 rings (SSSR count). The van der Waals surface area contributed by atoms with Gasteiger partial charge in [-0.1, -0.05) is 12.8 Å². The number of aliphatic hydroxyl groups is 1. The predicted molar refractivity (Wildman–Crippen MR) is 63.1 cm³/mol. The highest BCUT2D eigenvalue weighted by Crippen LogP contribution is 2.28. The van der Waals surface area contributed by atoms with Crippen LogP contribution in [-0.4, -0.2) is 27.5 Å². The number of nitrogens with two attached hydrogens (primary N) is 1. The van der Waals surface area contributed by atoms with Crippen LogP contribution in [0.4, 0.5) is 0 Å².